The number of imidazole rings is 1. The second kappa shape index (κ2) is 10.2. The maximum absolute atomic E-state index is 10.8. The van der Waals surface area contributed by atoms with Crippen LogP contribution in [0.4, 0.5) is 0 Å². The summed E-state index contributed by atoms with van der Waals surface area (Å²) in [6.07, 6.45) is 4.26. The van der Waals surface area contributed by atoms with Gasteiger partial charge in [0.2, 0.25) is 5.82 Å². The molecule has 2 N–H and O–H groups in total. The molecule has 0 aliphatic heterocycles. The first-order valence-corrected chi connectivity index (χ1v) is 14.3. The zero-order valence-electron chi connectivity index (χ0n) is 23.9. The van der Waals surface area contributed by atoms with Crippen molar-refractivity contribution in [3.8, 4) is 22.5 Å². The Morgan fingerprint density at radius 3 is 2.62 bits per heavy atom. The number of nitrogens with zero attached hydrogens (tertiary/aromatic N) is 6. The Kier molecular flexibility index (Phi) is 6.74. The van der Waals surface area contributed by atoms with Crippen LogP contribution in [0.2, 0.25) is 0 Å². The predicted octanol–water partition coefficient (Wildman–Crippen LogP) is 6.02. The Labute approximate surface area is 234 Å². The minimum atomic E-state index is -0.718. The number of tetrazole rings is 1. The van der Waals surface area contributed by atoms with Gasteiger partial charge in [0.15, 0.2) is 5.65 Å². The maximum atomic E-state index is 10.8. The lowest BCUT2D eigenvalue weighted by Gasteiger charge is -2.27. The van der Waals surface area contributed by atoms with E-state index in [1.54, 1.807) is 0 Å². The van der Waals surface area contributed by atoms with Crippen molar-refractivity contribution in [3.63, 3.8) is 0 Å². The lowest BCUT2D eigenvalue weighted by atomic mass is 9.87. The summed E-state index contributed by atoms with van der Waals surface area (Å²) in [7, 11) is 0. The number of hydrogen-bond donors (Lipinski definition) is 2. The van der Waals surface area contributed by atoms with E-state index in [0.29, 0.717) is 12.2 Å². The van der Waals surface area contributed by atoms with Gasteiger partial charge in [0.25, 0.3) is 0 Å². The van der Waals surface area contributed by atoms with Crippen LogP contribution in [-0.4, -0.2) is 45.9 Å². The molecule has 2 atom stereocenters. The van der Waals surface area contributed by atoms with Crippen LogP contribution >= 0.6 is 0 Å². The first kappa shape index (κ1) is 26.3. The molecule has 2 aromatic carbocycles. The van der Waals surface area contributed by atoms with Gasteiger partial charge < -0.3 is 9.67 Å². The minimum absolute atomic E-state index is 0.189. The second-order valence-electron chi connectivity index (χ2n) is 11.6. The van der Waals surface area contributed by atoms with Crippen LogP contribution in [0.1, 0.15) is 74.8 Å². The molecule has 3 aromatic heterocycles. The Balaban J connectivity index is 1.38. The van der Waals surface area contributed by atoms with E-state index in [1.165, 1.54) is 11.1 Å². The standard InChI is InChI=1S/C32H37N7O/c1-6-28-34-29-20(4)17-23(15-16-32(5,40)19(2)3)33-31(29)39(28)27-14-12-22-18-21(11-13-25(22)27)24-9-7-8-10-26(24)30-35-37-38-36-30/h7-11,13,17-19,27,40H,6,12,14-16H2,1-5H3,(H,35,36,37,38)/t27-,32+/m0/s1. The van der Waals surface area contributed by atoms with Crippen LogP contribution in [-0.2, 0) is 19.3 Å². The molecular weight excluding hydrogens is 498 g/mol. The molecule has 0 radical (unpaired) electrons. The van der Waals surface area contributed by atoms with Gasteiger partial charge in [0.05, 0.1) is 11.6 Å². The molecule has 0 saturated carbocycles. The number of hydrogen-bond acceptors (Lipinski definition) is 6. The van der Waals surface area contributed by atoms with Gasteiger partial charge in [-0.3, -0.25) is 0 Å². The smallest absolute Gasteiger partial charge is 0.205 e. The number of aryl methyl sites for hydroxylation is 4. The van der Waals surface area contributed by atoms with Gasteiger partial charge in [0.1, 0.15) is 11.3 Å². The number of nitrogens with one attached hydrogen (secondary N) is 1. The molecule has 1 aliphatic carbocycles. The third-order valence-electron chi connectivity index (χ3n) is 8.74. The molecule has 8 heteroatoms. The quantitative estimate of drug-likeness (QED) is 0.252. The number of rotatable bonds is 8. The number of aromatic nitrogens is 7. The highest BCUT2D eigenvalue weighted by molar-refractivity contribution is 5.81. The maximum Gasteiger partial charge on any atom is 0.205 e. The Morgan fingerprint density at radius 1 is 1.10 bits per heavy atom. The first-order valence-electron chi connectivity index (χ1n) is 14.3. The van der Waals surface area contributed by atoms with Gasteiger partial charge >= 0.3 is 0 Å². The molecule has 5 aromatic rings. The number of aromatic amines is 1. The second-order valence-corrected chi connectivity index (χ2v) is 11.6. The number of aliphatic hydroxyl groups is 1. The number of H-pyrrole nitrogens is 1. The van der Waals surface area contributed by atoms with E-state index in [9.17, 15) is 5.11 Å². The highest BCUT2D eigenvalue weighted by Crippen LogP contribution is 2.40. The fourth-order valence-corrected chi connectivity index (χ4v) is 5.94. The molecule has 0 bridgehead atoms. The van der Waals surface area contributed by atoms with Crippen molar-refractivity contribution in [1.29, 1.82) is 0 Å². The van der Waals surface area contributed by atoms with Crippen molar-refractivity contribution in [1.82, 2.24) is 35.2 Å². The molecule has 0 amide bonds. The molecule has 1 aliphatic rings. The molecule has 0 unspecified atom stereocenters. The monoisotopic (exact) mass is 535 g/mol. The molecule has 40 heavy (non-hydrogen) atoms. The zero-order valence-corrected chi connectivity index (χ0v) is 23.9. The lowest BCUT2D eigenvalue weighted by molar-refractivity contribution is 0.00548. The average molecular weight is 536 g/mol. The molecule has 8 nitrogen and oxygen atoms in total. The van der Waals surface area contributed by atoms with Crippen LogP contribution in [0, 0.1) is 12.8 Å². The first-order chi connectivity index (χ1) is 19.3. The summed E-state index contributed by atoms with van der Waals surface area (Å²) in [5.74, 6) is 1.86. The Bertz CT molecular complexity index is 1670. The third-order valence-corrected chi connectivity index (χ3v) is 8.74. The summed E-state index contributed by atoms with van der Waals surface area (Å²) in [5.41, 5.74) is 9.28. The van der Waals surface area contributed by atoms with Crippen LogP contribution in [0.15, 0.2) is 48.5 Å². The summed E-state index contributed by atoms with van der Waals surface area (Å²) in [6, 6.07) is 17.3. The van der Waals surface area contributed by atoms with Crippen molar-refractivity contribution in [2.24, 2.45) is 5.92 Å². The summed E-state index contributed by atoms with van der Waals surface area (Å²) in [5, 5.41) is 25.6. The van der Waals surface area contributed by atoms with Crippen molar-refractivity contribution in [2.45, 2.75) is 78.4 Å². The van der Waals surface area contributed by atoms with Gasteiger partial charge in [-0.1, -0.05) is 63.2 Å². The number of fused-ring (bicyclic) bond motifs is 2. The van der Waals surface area contributed by atoms with Crippen molar-refractivity contribution in [3.05, 3.63) is 76.7 Å². The summed E-state index contributed by atoms with van der Waals surface area (Å²) in [4.78, 5) is 10.2. The van der Waals surface area contributed by atoms with E-state index < -0.39 is 5.60 Å². The SMILES string of the molecule is CCc1nc2c(C)cc(CC[C@@](C)(O)C(C)C)nc2n1[C@H]1CCc2cc(-c3ccccc3-c3nn[nH]n3)ccc21. The number of benzene rings is 2. The Hall–Kier alpha value is -3.91. The van der Waals surface area contributed by atoms with E-state index >= 15 is 0 Å². The van der Waals surface area contributed by atoms with Crippen LogP contribution in [0.3, 0.4) is 0 Å². The van der Waals surface area contributed by atoms with Gasteiger partial charge in [-0.05, 0) is 84.5 Å². The van der Waals surface area contributed by atoms with Crippen molar-refractivity contribution in [2.75, 3.05) is 0 Å². The van der Waals surface area contributed by atoms with Crippen molar-refractivity contribution < 1.29 is 5.11 Å². The largest absolute Gasteiger partial charge is 0.390 e. The van der Waals surface area contributed by atoms with Gasteiger partial charge in [-0.25, -0.2) is 9.97 Å². The van der Waals surface area contributed by atoms with E-state index in [0.717, 1.165) is 70.6 Å². The highest BCUT2D eigenvalue weighted by atomic mass is 16.3. The topological polar surface area (TPSA) is 105 Å². The molecule has 3 heterocycles. The predicted molar refractivity (Wildman–Crippen MR) is 157 cm³/mol. The molecular formula is C32H37N7O. The third kappa shape index (κ3) is 4.60. The molecule has 0 fully saturated rings. The van der Waals surface area contributed by atoms with E-state index in [4.69, 9.17) is 9.97 Å². The summed E-state index contributed by atoms with van der Waals surface area (Å²) >= 11 is 0. The van der Waals surface area contributed by atoms with E-state index in [-0.39, 0.29) is 12.0 Å². The van der Waals surface area contributed by atoms with Gasteiger partial charge in [0, 0.05) is 17.7 Å². The normalized spacial score (nSPS) is 16.5. The van der Waals surface area contributed by atoms with Crippen LogP contribution < -0.4 is 0 Å². The lowest BCUT2D eigenvalue weighted by Crippen LogP contribution is -2.31. The Morgan fingerprint density at radius 2 is 1.90 bits per heavy atom. The van der Waals surface area contributed by atoms with Gasteiger partial charge in [-0.2, -0.15) is 5.21 Å². The highest BCUT2D eigenvalue weighted by Gasteiger charge is 2.30. The number of pyridine rings is 1. The van der Waals surface area contributed by atoms with Crippen LogP contribution in [0.25, 0.3) is 33.7 Å². The fourth-order valence-electron chi connectivity index (χ4n) is 5.94. The van der Waals surface area contributed by atoms with Crippen molar-refractivity contribution >= 4 is 11.2 Å². The molecule has 6 rings (SSSR count). The zero-order chi connectivity index (χ0) is 28.0. The summed E-state index contributed by atoms with van der Waals surface area (Å²) < 4.78 is 2.38. The molecule has 206 valence electrons. The van der Waals surface area contributed by atoms with E-state index in [2.05, 4.69) is 83.2 Å². The molecule has 0 spiro atoms. The minimum Gasteiger partial charge on any atom is -0.390 e. The summed E-state index contributed by atoms with van der Waals surface area (Å²) in [6.45, 7) is 10.4. The average Bonchev–Trinajstić information content (AvgIpc) is 3.70. The van der Waals surface area contributed by atoms with Gasteiger partial charge in [-0.15, -0.1) is 10.2 Å². The fraction of sp³-hybridized carbons (Fsp3) is 0.406. The molecule has 0 saturated heterocycles. The van der Waals surface area contributed by atoms with Crippen LogP contribution in [0.5, 0.6) is 0 Å². The van der Waals surface area contributed by atoms with E-state index in [1.807, 2.05) is 25.1 Å².